The Morgan fingerprint density at radius 3 is 2.78 bits per heavy atom. The first-order valence-corrected chi connectivity index (χ1v) is 7.32. The lowest BCUT2D eigenvalue weighted by Gasteiger charge is -2.15. The van der Waals surface area contributed by atoms with Crippen molar-refractivity contribution >= 4 is 12.0 Å². The third kappa shape index (κ3) is 6.72. The molecule has 0 saturated carbocycles. The van der Waals surface area contributed by atoms with E-state index in [1.807, 2.05) is 18.2 Å². The van der Waals surface area contributed by atoms with Gasteiger partial charge in [-0.15, -0.1) is 0 Å². The maximum Gasteiger partial charge on any atom is 0.0619 e. The summed E-state index contributed by atoms with van der Waals surface area (Å²) < 4.78 is 5.59. The first-order valence-electron chi connectivity index (χ1n) is 6.58. The Hall–Kier alpha value is -0.930. The zero-order valence-corrected chi connectivity index (χ0v) is 11.9. The molecular formula is C15H23NOS. The lowest BCUT2D eigenvalue weighted by atomic mass is 10.1. The smallest absolute Gasteiger partial charge is 0.0619 e. The molecule has 1 atom stereocenters. The maximum absolute atomic E-state index is 5.59. The summed E-state index contributed by atoms with van der Waals surface area (Å²) in [5.74, 6) is 0. The standard InChI is InChI=1S/C15H23NOS/c1-3-9-14(16-4-2)10-8-13-17-18-15-11-6-5-7-12-15/h4-7,11-12,14,16H,2-3,8-10,13H2,1H3. The van der Waals surface area contributed by atoms with Gasteiger partial charge in [0.1, 0.15) is 0 Å². The van der Waals surface area contributed by atoms with Crippen molar-refractivity contribution in [1.29, 1.82) is 0 Å². The van der Waals surface area contributed by atoms with Crippen LogP contribution in [0.15, 0.2) is 48.0 Å². The molecule has 18 heavy (non-hydrogen) atoms. The van der Waals surface area contributed by atoms with Crippen molar-refractivity contribution in [1.82, 2.24) is 5.32 Å². The van der Waals surface area contributed by atoms with Crippen LogP contribution in [0.5, 0.6) is 0 Å². The second-order valence-corrected chi connectivity index (χ2v) is 5.09. The van der Waals surface area contributed by atoms with Crippen molar-refractivity contribution in [2.24, 2.45) is 0 Å². The molecule has 0 bridgehead atoms. The minimum atomic E-state index is 0.540. The highest BCUT2D eigenvalue weighted by Gasteiger charge is 2.04. The molecular weight excluding hydrogens is 242 g/mol. The Balaban J connectivity index is 2.08. The Kier molecular flexibility index (Phi) is 8.43. The number of nitrogens with one attached hydrogen (secondary N) is 1. The summed E-state index contributed by atoms with van der Waals surface area (Å²) in [4.78, 5) is 1.16. The van der Waals surface area contributed by atoms with Crippen LogP contribution in [0, 0.1) is 0 Å². The van der Waals surface area contributed by atoms with Gasteiger partial charge in [0.15, 0.2) is 0 Å². The van der Waals surface area contributed by atoms with Crippen molar-refractivity contribution < 1.29 is 4.18 Å². The largest absolute Gasteiger partial charge is 0.389 e. The molecule has 2 nitrogen and oxygen atoms in total. The van der Waals surface area contributed by atoms with Gasteiger partial charge in [0.2, 0.25) is 0 Å². The van der Waals surface area contributed by atoms with Gasteiger partial charge < -0.3 is 9.50 Å². The Morgan fingerprint density at radius 1 is 1.33 bits per heavy atom. The fourth-order valence-corrected chi connectivity index (χ4v) is 2.41. The minimum absolute atomic E-state index is 0.540. The van der Waals surface area contributed by atoms with E-state index in [4.69, 9.17) is 4.18 Å². The summed E-state index contributed by atoms with van der Waals surface area (Å²) in [6.07, 6.45) is 6.39. The molecule has 0 aliphatic rings. The van der Waals surface area contributed by atoms with Gasteiger partial charge in [-0.1, -0.05) is 38.1 Å². The molecule has 0 aliphatic carbocycles. The summed E-state index contributed by atoms with van der Waals surface area (Å²) in [6.45, 7) is 6.72. The van der Waals surface area contributed by atoms with Gasteiger partial charge in [-0.3, -0.25) is 0 Å². The van der Waals surface area contributed by atoms with Crippen LogP contribution < -0.4 is 5.32 Å². The van der Waals surface area contributed by atoms with Gasteiger partial charge in [-0.2, -0.15) is 0 Å². The van der Waals surface area contributed by atoms with E-state index in [1.54, 1.807) is 6.20 Å². The molecule has 1 unspecified atom stereocenters. The van der Waals surface area contributed by atoms with Crippen molar-refractivity contribution in [3.05, 3.63) is 43.1 Å². The number of hydrogen-bond acceptors (Lipinski definition) is 3. The normalized spacial score (nSPS) is 12.1. The van der Waals surface area contributed by atoms with Crippen LogP contribution in [0.4, 0.5) is 0 Å². The van der Waals surface area contributed by atoms with E-state index in [0.29, 0.717) is 6.04 Å². The predicted molar refractivity (Wildman–Crippen MR) is 79.5 cm³/mol. The van der Waals surface area contributed by atoms with Crippen LogP contribution in [0.25, 0.3) is 0 Å². The molecule has 0 fully saturated rings. The average molecular weight is 265 g/mol. The summed E-state index contributed by atoms with van der Waals surface area (Å²) in [5, 5.41) is 3.29. The van der Waals surface area contributed by atoms with E-state index in [-0.39, 0.29) is 0 Å². The zero-order chi connectivity index (χ0) is 13.1. The lowest BCUT2D eigenvalue weighted by Crippen LogP contribution is -2.23. The fraction of sp³-hybridized carbons (Fsp3) is 0.467. The minimum Gasteiger partial charge on any atom is -0.389 e. The van der Waals surface area contributed by atoms with Gasteiger partial charge in [0, 0.05) is 23.0 Å². The molecule has 0 radical (unpaired) electrons. The van der Waals surface area contributed by atoms with Crippen LogP contribution in [0.2, 0.25) is 0 Å². The van der Waals surface area contributed by atoms with Crippen LogP contribution >= 0.6 is 12.0 Å². The fourth-order valence-electron chi connectivity index (χ4n) is 1.80. The van der Waals surface area contributed by atoms with Gasteiger partial charge in [0.05, 0.1) is 6.61 Å². The van der Waals surface area contributed by atoms with E-state index in [9.17, 15) is 0 Å². The number of benzene rings is 1. The molecule has 1 N–H and O–H groups in total. The molecule has 0 amide bonds. The van der Waals surface area contributed by atoms with Crippen molar-refractivity contribution in [2.75, 3.05) is 6.61 Å². The summed E-state index contributed by atoms with van der Waals surface area (Å²) in [7, 11) is 0. The first kappa shape index (κ1) is 15.1. The molecule has 100 valence electrons. The molecule has 0 aromatic heterocycles. The van der Waals surface area contributed by atoms with E-state index < -0.39 is 0 Å². The van der Waals surface area contributed by atoms with Crippen LogP contribution in [0.3, 0.4) is 0 Å². The van der Waals surface area contributed by atoms with Crippen molar-refractivity contribution in [2.45, 2.75) is 43.5 Å². The van der Waals surface area contributed by atoms with Crippen molar-refractivity contribution in [3.63, 3.8) is 0 Å². The van der Waals surface area contributed by atoms with Gasteiger partial charge in [0.25, 0.3) is 0 Å². The maximum atomic E-state index is 5.59. The highest BCUT2D eigenvalue weighted by atomic mass is 32.2. The Morgan fingerprint density at radius 2 is 2.11 bits per heavy atom. The quantitative estimate of drug-likeness (QED) is 0.500. The molecule has 1 aromatic rings. The predicted octanol–water partition coefficient (Wildman–Crippen LogP) is 4.39. The molecule has 3 heteroatoms. The Bertz CT molecular complexity index is 316. The lowest BCUT2D eigenvalue weighted by molar-refractivity contribution is 0.341. The van der Waals surface area contributed by atoms with E-state index in [1.165, 1.54) is 24.9 Å². The Labute approximate surface area is 115 Å². The molecule has 0 heterocycles. The second kappa shape index (κ2) is 10.0. The third-order valence-electron chi connectivity index (χ3n) is 2.67. The average Bonchev–Trinajstić information content (AvgIpc) is 2.40. The van der Waals surface area contributed by atoms with Crippen molar-refractivity contribution in [3.8, 4) is 0 Å². The summed E-state index contributed by atoms with van der Waals surface area (Å²) in [5.41, 5.74) is 0. The monoisotopic (exact) mass is 265 g/mol. The highest BCUT2D eigenvalue weighted by Crippen LogP contribution is 2.18. The topological polar surface area (TPSA) is 21.3 Å². The third-order valence-corrected chi connectivity index (χ3v) is 3.42. The SMILES string of the molecule is C=CNC(CCC)CCCOSc1ccccc1. The van der Waals surface area contributed by atoms with Crippen LogP contribution in [0.1, 0.15) is 32.6 Å². The number of hydrogen-bond donors (Lipinski definition) is 1. The van der Waals surface area contributed by atoms with E-state index >= 15 is 0 Å². The van der Waals surface area contributed by atoms with Gasteiger partial charge in [-0.25, -0.2) is 0 Å². The number of rotatable bonds is 10. The molecule has 0 spiro atoms. The van der Waals surface area contributed by atoms with Gasteiger partial charge in [-0.05, 0) is 37.6 Å². The van der Waals surface area contributed by atoms with E-state index in [0.717, 1.165) is 24.3 Å². The van der Waals surface area contributed by atoms with Crippen LogP contribution in [-0.4, -0.2) is 12.6 Å². The van der Waals surface area contributed by atoms with Gasteiger partial charge >= 0.3 is 0 Å². The molecule has 1 rings (SSSR count). The van der Waals surface area contributed by atoms with Crippen LogP contribution in [-0.2, 0) is 4.18 Å². The molecule has 1 aromatic carbocycles. The molecule has 0 aliphatic heterocycles. The summed E-state index contributed by atoms with van der Waals surface area (Å²) >= 11 is 1.46. The second-order valence-electron chi connectivity index (χ2n) is 4.22. The summed E-state index contributed by atoms with van der Waals surface area (Å²) in [6, 6.07) is 10.7. The van der Waals surface area contributed by atoms with E-state index in [2.05, 4.69) is 31.0 Å². The highest BCUT2D eigenvalue weighted by molar-refractivity contribution is 7.94. The zero-order valence-electron chi connectivity index (χ0n) is 11.1. The molecule has 0 saturated heterocycles. The first-order chi connectivity index (χ1) is 8.86.